The topological polar surface area (TPSA) is 50.7 Å². The SMILES string of the molecule is CNC(=O)Oc1ccccc1C=Nc1ccccc1. The normalized spacial score (nSPS) is 10.4. The molecule has 0 spiro atoms. The molecule has 0 fully saturated rings. The molecule has 0 aliphatic rings. The zero-order valence-electron chi connectivity index (χ0n) is 10.5. The second-order valence-corrected chi connectivity index (χ2v) is 3.77. The van der Waals surface area contributed by atoms with Crippen molar-refractivity contribution in [2.24, 2.45) is 4.99 Å². The molecule has 0 radical (unpaired) electrons. The molecule has 19 heavy (non-hydrogen) atoms. The second kappa shape index (κ2) is 6.35. The fourth-order valence-corrected chi connectivity index (χ4v) is 1.49. The molecule has 1 amide bonds. The minimum Gasteiger partial charge on any atom is -0.410 e. The monoisotopic (exact) mass is 254 g/mol. The van der Waals surface area contributed by atoms with Gasteiger partial charge in [-0.1, -0.05) is 30.3 Å². The van der Waals surface area contributed by atoms with Gasteiger partial charge in [0.2, 0.25) is 0 Å². The van der Waals surface area contributed by atoms with Crippen LogP contribution in [-0.2, 0) is 0 Å². The van der Waals surface area contributed by atoms with E-state index in [1.807, 2.05) is 42.5 Å². The zero-order chi connectivity index (χ0) is 13.5. The van der Waals surface area contributed by atoms with Crippen LogP contribution in [0.25, 0.3) is 0 Å². The highest BCUT2D eigenvalue weighted by Crippen LogP contribution is 2.17. The molecule has 0 atom stereocenters. The van der Waals surface area contributed by atoms with Crippen molar-refractivity contribution in [2.45, 2.75) is 0 Å². The van der Waals surface area contributed by atoms with E-state index in [1.165, 1.54) is 7.05 Å². The lowest BCUT2D eigenvalue weighted by Gasteiger charge is -2.05. The van der Waals surface area contributed by atoms with Crippen molar-refractivity contribution in [2.75, 3.05) is 7.05 Å². The third kappa shape index (κ3) is 3.67. The molecule has 4 heteroatoms. The highest BCUT2D eigenvalue weighted by molar-refractivity contribution is 5.86. The van der Waals surface area contributed by atoms with Gasteiger partial charge in [-0.05, 0) is 24.3 Å². The average molecular weight is 254 g/mol. The molecule has 0 aromatic heterocycles. The highest BCUT2D eigenvalue weighted by atomic mass is 16.6. The molecular weight excluding hydrogens is 240 g/mol. The fourth-order valence-electron chi connectivity index (χ4n) is 1.49. The third-order valence-electron chi connectivity index (χ3n) is 2.43. The van der Waals surface area contributed by atoms with Crippen LogP contribution in [0.1, 0.15) is 5.56 Å². The minimum atomic E-state index is -0.499. The highest BCUT2D eigenvalue weighted by Gasteiger charge is 2.05. The number of para-hydroxylation sites is 2. The Morgan fingerprint density at radius 3 is 2.53 bits per heavy atom. The quantitative estimate of drug-likeness (QED) is 0.855. The van der Waals surface area contributed by atoms with E-state index in [1.54, 1.807) is 18.3 Å². The van der Waals surface area contributed by atoms with Gasteiger partial charge >= 0.3 is 6.09 Å². The number of amides is 1. The smallest absolute Gasteiger partial charge is 0.410 e. The van der Waals surface area contributed by atoms with Gasteiger partial charge in [0.25, 0.3) is 0 Å². The maximum absolute atomic E-state index is 11.2. The summed E-state index contributed by atoms with van der Waals surface area (Å²) in [5.74, 6) is 0.474. The van der Waals surface area contributed by atoms with Crippen LogP contribution in [-0.4, -0.2) is 19.4 Å². The number of ether oxygens (including phenoxy) is 1. The Morgan fingerprint density at radius 2 is 1.79 bits per heavy atom. The summed E-state index contributed by atoms with van der Waals surface area (Å²) in [4.78, 5) is 15.6. The van der Waals surface area contributed by atoms with Crippen LogP contribution in [0, 0.1) is 0 Å². The summed E-state index contributed by atoms with van der Waals surface area (Å²) in [6.45, 7) is 0. The summed E-state index contributed by atoms with van der Waals surface area (Å²) < 4.78 is 5.14. The van der Waals surface area contributed by atoms with Crippen molar-refractivity contribution < 1.29 is 9.53 Å². The van der Waals surface area contributed by atoms with Gasteiger partial charge in [-0.15, -0.1) is 0 Å². The molecule has 2 aromatic rings. The van der Waals surface area contributed by atoms with E-state index in [2.05, 4.69) is 10.3 Å². The summed E-state index contributed by atoms with van der Waals surface area (Å²) >= 11 is 0. The van der Waals surface area contributed by atoms with Crippen molar-refractivity contribution in [3.8, 4) is 5.75 Å². The minimum absolute atomic E-state index is 0.474. The maximum Gasteiger partial charge on any atom is 0.412 e. The number of benzene rings is 2. The number of hydrogen-bond donors (Lipinski definition) is 1. The number of carbonyl (C=O) groups is 1. The van der Waals surface area contributed by atoms with Gasteiger partial charge in [0.15, 0.2) is 0 Å². The summed E-state index contributed by atoms with van der Waals surface area (Å²) in [6, 6.07) is 16.8. The van der Waals surface area contributed by atoms with E-state index in [0.717, 1.165) is 11.3 Å². The van der Waals surface area contributed by atoms with Crippen LogP contribution in [0.4, 0.5) is 10.5 Å². The first-order chi connectivity index (χ1) is 9.29. The average Bonchev–Trinajstić information content (AvgIpc) is 2.47. The zero-order valence-corrected chi connectivity index (χ0v) is 10.5. The van der Waals surface area contributed by atoms with Crippen molar-refractivity contribution >= 4 is 18.0 Å². The lowest BCUT2D eigenvalue weighted by molar-refractivity contribution is 0.203. The molecule has 0 bridgehead atoms. The summed E-state index contributed by atoms with van der Waals surface area (Å²) in [5, 5.41) is 2.41. The number of aliphatic imine (C=N–C) groups is 1. The number of hydrogen-bond acceptors (Lipinski definition) is 3. The molecular formula is C15H14N2O2. The molecule has 0 heterocycles. The van der Waals surface area contributed by atoms with E-state index in [4.69, 9.17) is 4.74 Å². The Kier molecular flexibility index (Phi) is 4.29. The first-order valence-electron chi connectivity index (χ1n) is 5.87. The number of carbonyl (C=O) groups excluding carboxylic acids is 1. The summed E-state index contributed by atoms with van der Waals surface area (Å²) in [5.41, 5.74) is 1.59. The fraction of sp³-hybridized carbons (Fsp3) is 0.0667. The van der Waals surface area contributed by atoms with Crippen LogP contribution in [0.3, 0.4) is 0 Å². The Hall–Kier alpha value is -2.62. The number of rotatable bonds is 3. The molecule has 0 unspecified atom stereocenters. The maximum atomic E-state index is 11.2. The molecule has 0 saturated heterocycles. The number of nitrogens with one attached hydrogen (secondary N) is 1. The van der Waals surface area contributed by atoms with Crippen LogP contribution in [0.5, 0.6) is 5.75 Å². The molecule has 96 valence electrons. The van der Waals surface area contributed by atoms with E-state index < -0.39 is 6.09 Å². The van der Waals surface area contributed by atoms with Gasteiger partial charge in [0, 0.05) is 18.8 Å². The Morgan fingerprint density at radius 1 is 1.11 bits per heavy atom. The Labute approximate surface area is 111 Å². The van der Waals surface area contributed by atoms with Crippen molar-refractivity contribution in [3.63, 3.8) is 0 Å². The summed E-state index contributed by atoms with van der Waals surface area (Å²) in [6.07, 6.45) is 1.17. The lowest BCUT2D eigenvalue weighted by atomic mass is 10.2. The molecule has 4 nitrogen and oxygen atoms in total. The molecule has 1 N–H and O–H groups in total. The molecule has 2 rings (SSSR count). The second-order valence-electron chi connectivity index (χ2n) is 3.77. The molecule has 2 aromatic carbocycles. The van der Waals surface area contributed by atoms with Crippen molar-refractivity contribution in [1.29, 1.82) is 0 Å². The number of nitrogens with zero attached hydrogens (tertiary/aromatic N) is 1. The van der Waals surface area contributed by atoms with Gasteiger partial charge in [0.1, 0.15) is 5.75 Å². The molecule has 0 aliphatic carbocycles. The van der Waals surface area contributed by atoms with Gasteiger partial charge in [-0.3, -0.25) is 4.99 Å². The summed E-state index contributed by atoms with van der Waals surface area (Å²) in [7, 11) is 1.52. The van der Waals surface area contributed by atoms with E-state index in [9.17, 15) is 4.79 Å². The van der Waals surface area contributed by atoms with E-state index in [-0.39, 0.29) is 0 Å². The van der Waals surface area contributed by atoms with Crippen LogP contribution >= 0.6 is 0 Å². The molecule has 0 saturated carbocycles. The Balaban J connectivity index is 2.20. The third-order valence-corrected chi connectivity index (χ3v) is 2.43. The van der Waals surface area contributed by atoms with Crippen LogP contribution in [0.15, 0.2) is 59.6 Å². The van der Waals surface area contributed by atoms with Crippen LogP contribution in [0.2, 0.25) is 0 Å². The van der Waals surface area contributed by atoms with Crippen LogP contribution < -0.4 is 10.1 Å². The predicted octanol–water partition coefficient (Wildman–Crippen LogP) is 3.16. The van der Waals surface area contributed by atoms with Crippen molar-refractivity contribution in [3.05, 3.63) is 60.2 Å². The van der Waals surface area contributed by atoms with E-state index >= 15 is 0 Å². The Bertz CT molecular complexity index is 580. The van der Waals surface area contributed by atoms with Gasteiger partial charge in [0.05, 0.1) is 5.69 Å². The standard InChI is InChI=1S/C15H14N2O2/c1-16-15(18)19-14-10-6-5-7-12(14)11-17-13-8-3-2-4-9-13/h2-11H,1H3,(H,16,18). The molecule has 0 aliphatic heterocycles. The van der Waals surface area contributed by atoms with E-state index in [0.29, 0.717) is 5.75 Å². The first kappa shape index (κ1) is 12.8. The first-order valence-corrected chi connectivity index (χ1v) is 5.87. The predicted molar refractivity (Wildman–Crippen MR) is 75.2 cm³/mol. The van der Waals surface area contributed by atoms with Gasteiger partial charge in [-0.25, -0.2) is 4.79 Å². The van der Waals surface area contributed by atoms with Gasteiger partial charge in [-0.2, -0.15) is 0 Å². The lowest BCUT2D eigenvalue weighted by Crippen LogP contribution is -2.22. The van der Waals surface area contributed by atoms with Crippen molar-refractivity contribution in [1.82, 2.24) is 5.32 Å². The largest absolute Gasteiger partial charge is 0.412 e. The van der Waals surface area contributed by atoms with Gasteiger partial charge < -0.3 is 10.1 Å².